The molecule has 19 heavy (non-hydrogen) atoms. The summed E-state index contributed by atoms with van der Waals surface area (Å²) in [5, 5.41) is 4.84. The van der Waals surface area contributed by atoms with E-state index in [2.05, 4.69) is 30.3 Å². The molecule has 1 aromatic heterocycles. The fraction of sp³-hybridized carbons (Fsp3) is 0.125. The fourth-order valence-electron chi connectivity index (χ4n) is 3.04. The molecule has 0 aliphatic rings. The van der Waals surface area contributed by atoms with Crippen LogP contribution in [0.15, 0.2) is 47.3 Å². The van der Waals surface area contributed by atoms with Crippen LogP contribution < -0.4 is 10.3 Å². The highest BCUT2D eigenvalue weighted by Gasteiger charge is 2.18. The Labute approximate surface area is 109 Å². The van der Waals surface area contributed by atoms with Crippen LogP contribution in [0.3, 0.4) is 0 Å². The van der Waals surface area contributed by atoms with E-state index < -0.39 is 0 Å². The lowest BCUT2D eigenvalue weighted by Gasteiger charge is -2.10. The Morgan fingerprint density at radius 3 is 2.37 bits per heavy atom. The van der Waals surface area contributed by atoms with Crippen molar-refractivity contribution in [1.82, 2.24) is 4.57 Å². The lowest BCUT2D eigenvalue weighted by Crippen LogP contribution is -2.51. The largest absolute Gasteiger partial charge is 0.498 e. The first-order valence-electron chi connectivity index (χ1n) is 6.31. The first-order valence-corrected chi connectivity index (χ1v) is 6.31. The Kier molecular flexibility index (Phi) is 1.83. The zero-order valence-electron chi connectivity index (χ0n) is 10.8. The van der Waals surface area contributed by atoms with Crippen molar-refractivity contribution < 1.29 is 4.57 Å². The van der Waals surface area contributed by atoms with Gasteiger partial charge >= 0.3 is 5.69 Å². The molecule has 0 aliphatic heterocycles. The normalized spacial score (nSPS) is 11.9. The molecule has 0 saturated carbocycles. The van der Waals surface area contributed by atoms with E-state index in [9.17, 15) is 4.79 Å². The third kappa shape index (κ3) is 1.17. The smallest absolute Gasteiger partial charge is 0.197 e. The summed E-state index contributed by atoms with van der Waals surface area (Å²) >= 11 is 0. The first kappa shape index (κ1) is 10.5. The van der Waals surface area contributed by atoms with E-state index in [-0.39, 0.29) is 5.69 Å². The van der Waals surface area contributed by atoms with Crippen molar-refractivity contribution in [2.45, 2.75) is 0 Å². The van der Waals surface area contributed by atoms with Crippen molar-refractivity contribution in [2.75, 3.05) is 0 Å². The number of aromatic nitrogens is 2. The summed E-state index contributed by atoms with van der Waals surface area (Å²) in [6.07, 6.45) is 0. The molecule has 3 nitrogen and oxygen atoms in total. The van der Waals surface area contributed by atoms with Gasteiger partial charge in [-0.2, -0.15) is 13.9 Å². The molecule has 0 radical (unpaired) electrons. The summed E-state index contributed by atoms with van der Waals surface area (Å²) in [5.41, 5.74) is 1.98. The molecule has 0 fully saturated rings. The van der Waals surface area contributed by atoms with Crippen LogP contribution in [-0.2, 0) is 14.1 Å². The zero-order valence-corrected chi connectivity index (χ0v) is 10.8. The van der Waals surface area contributed by atoms with Crippen LogP contribution in [0.25, 0.3) is 32.6 Å². The van der Waals surface area contributed by atoms with Gasteiger partial charge in [0.25, 0.3) is 0 Å². The van der Waals surface area contributed by atoms with Gasteiger partial charge in [0.2, 0.25) is 0 Å². The molecular formula is C16H13N2O+. The Balaban J connectivity index is 2.51. The second-order valence-electron chi connectivity index (χ2n) is 5.02. The van der Waals surface area contributed by atoms with Crippen molar-refractivity contribution in [3.05, 3.63) is 52.9 Å². The third-order valence-electron chi connectivity index (χ3n) is 4.03. The second-order valence-corrected chi connectivity index (χ2v) is 5.02. The molecule has 0 bridgehead atoms. The van der Waals surface area contributed by atoms with E-state index in [1.807, 2.05) is 26.2 Å². The topological polar surface area (TPSA) is 25.9 Å². The van der Waals surface area contributed by atoms with Crippen molar-refractivity contribution >= 4 is 32.6 Å². The molecule has 0 N–H and O–H groups in total. The Bertz CT molecular complexity index is 926. The SMILES string of the molecule is Cn1c(=O)[n+](C)c2ccc3cccc4ccc1c2c43. The minimum Gasteiger partial charge on any atom is -0.197 e. The monoisotopic (exact) mass is 249 g/mol. The van der Waals surface area contributed by atoms with E-state index >= 15 is 0 Å². The molecule has 0 unspecified atom stereocenters. The van der Waals surface area contributed by atoms with Gasteiger partial charge in [0.1, 0.15) is 11.0 Å². The summed E-state index contributed by atoms with van der Waals surface area (Å²) in [6.45, 7) is 0. The number of hydrogen-bond donors (Lipinski definition) is 0. The van der Waals surface area contributed by atoms with Crippen molar-refractivity contribution in [2.24, 2.45) is 14.1 Å². The van der Waals surface area contributed by atoms with E-state index in [1.165, 1.54) is 21.5 Å². The van der Waals surface area contributed by atoms with Crippen LogP contribution >= 0.6 is 0 Å². The van der Waals surface area contributed by atoms with Crippen LogP contribution in [0.1, 0.15) is 0 Å². The molecule has 92 valence electrons. The zero-order chi connectivity index (χ0) is 13.1. The van der Waals surface area contributed by atoms with E-state index in [0.717, 1.165) is 11.0 Å². The maximum atomic E-state index is 12.2. The first-order chi connectivity index (χ1) is 9.18. The van der Waals surface area contributed by atoms with Crippen LogP contribution in [0.2, 0.25) is 0 Å². The number of hydrogen-bond acceptors (Lipinski definition) is 1. The summed E-state index contributed by atoms with van der Waals surface area (Å²) in [4.78, 5) is 12.2. The van der Waals surface area contributed by atoms with Crippen LogP contribution in [0, 0.1) is 0 Å². The molecule has 4 aromatic rings. The maximum Gasteiger partial charge on any atom is 0.498 e. The van der Waals surface area contributed by atoms with Gasteiger partial charge in [-0.1, -0.05) is 30.3 Å². The molecule has 1 heterocycles. The van der Waals surface area contributed by atoms with Gasteiger partial charge in [-0.15, -0.1) is 0 Å². The molecule has 3 heteroatoms. The summed E-state index contributed by atoms with van der Waals surface area (Å²) in [6, 6.07) is 14.5. The standard InChI is InChI=1S/C16H13N2O/c1-17-12-8-6-10-4-3-5-11-7-9-13(15(12)14(10)11)18(2)16(17)19/h3-9H,1-2H3/q+1. The lowest BCUT2D eigenvalue weighted by molar-refractivity contribution is -0.664. The fourth-order valence-corrected chi connectivity index (χ4v) is 3.04. The predicted octanol–water partition coefficient (Wildman–Crippen LogP) is 2.11. The van der Waals surface area contributed by atoms with Gasteiger partial charge in [0.15, 0.2) is 0 Å². The molecule has 3 aromatic carbocycles. The number of aryl methyl sites for hydroxylation is 2. The highest BCUT2D eigenvalue weighted by Crippen LogP contribution is 2.31. The Morgan fingerprint density at radius 1 is 0.947 bits per heavy atom. The van der Waals surface area contributed by atoms with Crippen molar-refractivity contribution in [1.29, 1.82) is 0 Å². The second kappa shape index (κ2) is 3.32. The van der Waals surface area contributed by atoms with Gasteiger partial charge in [0.05, 0.1) is 19.5 Å². The van der Waals surface area contributed by atoms with E-state index in [1.54, 1.807) is 9.13 Å². The molecule has 4 rings (SSSR count). The summed E-state index contributed by atoms with van der Waals surface area (Å²) in [7, 11) is 3.66. The van der Waals surface area contributed by atoms with E-state index in [0.29, 0.717) is 0 Å². The Hall–Kier alpha value is -2.42. The van der Waals surface area contributed by atoms with Crippen LogP contribution in [-0.4, -0.2) is 4.57 Å². The molecular weight excluding hydrogens is 236 g/mol. The third-order valence-corrected chi connectivity index (χ3v) is 4.03. The van der Waals surface area contributed by atoms with Gasteiger partial charge in [-0.3, -0.25) is 0 Å². The predicted molar refractivity (Wildman–Crippen MR) is 76.6 cm³/mol. The minimum absolute atomic E-state index is 0.00545. The van der Waals surface area contributed by atoms with Gasteiger partial charge in [0, 0.05) is 5.39 Å². The van der Waals surface area contributed by atoms with Crippen LogP contribution in [0.5, 0.6) is 0 Å². The average Bonchev–Trinajstić information content (AvgIpc) is 2.45. The van der Waals surface area contributed by atoms with Gasteiger partial charge in [-0.05, 0) is 22.9 Å². The van der Waals surface area contributed by atoms with Crippen molar-refractivity contribution in [3.63, 3.8) is 0 Å². The van der Waals surface area contributed by atoms with Gasteiger partial charge in [-0.25, -0.2) is 0 Å². The number of rotatable bonds is 0. The maximum absolute atomic E-state index is 12.2. The quantitative estimate of drug-likeness (QED) is 0.346. The van der Waals surface area contributed by atoms with E-state index in [4.69, 9.17) is 0 Å². The highest BCUT2D eigenvalue weighted by atomic mass is 16.1. The number of benzene rings is 3. The summed E-state index contributed by atoms with van der Waals surface area (Å²) in [5.74, 6) is 0. The molecule has 0 saturated heterocycles. The molecule has 0 amide bonds. The van der Waals surface area contributed by atoms with Crippen molar-refractivity contribution in [3.8, 4) is 0 Å². The molecule has 0 aliphatic carbocycles. The number of nitrogens with zero attached hydrogens (tertiary/aromatic N) is 2. The average molecular weight is 249 g/mol. The molecule has 0 atom stereocenters. The highest BCUT2D eigenvalue weighted by molar-refractivity contribution is 6.20. The molecule has 0 spiro atoms. The Morgan fingerprint density at radius 2 is 1.63 bits per heavy atom. The summed E-state index contributed by atoms with van der Waals surface area (Å²) < 4.78 is 3.43. The van der Waals surface area contributed by atoms with Crippen LogP contribution in [0.4, 0.5) is 0 Å². The minimum atomic E-state index is 0.00545. The van der Waals surface area contributed by atoms with Gasteiger partial charge < -0.3 is 0 Å². The lowest BCUT2D eigenvalue weighted by atomic mass is 9.98.